The molecule has 1 aromatic heterocycles. The normalized spacial score (nSPS) is 11.0. The number of benzene rings is 1. The molecular formula is C19H26N2OS. The van der Waals surface area contributed by atoms with E-state index in [1.807, 2.05) is 12.1 Å². The van der Waals surface area contributed by atoms with Crippen molar-refractivity contribution in [1.82, 2.24) is 4.90 Å². The molecule has 0 aliphatic heterocycles. The average molecular weight is 330 g/mol. The van der Waals surface area contributed by atoms with E-state index in [0.29, 0.717) is 6.42 Å². The van der Waals surface area contributed by atoms with Gasteiger partial charge < -0.3 is 5.32 Å². The fourth-order valence-electron chi connectivity index (χ4n) is 2.69. The first kappa shape index (κ1) is 17.7. The summed E-state index contributed by atoms with van der Waals surface area (Å²) in [5, 5.41) is 3.02. The maximum Gasteiger partial charge on any atom is 0.228 e. The third-order valence-electron chi connectivity index (χ3n) is 4.01. The molecule has 0 bridgehead atoms. The van der Waals surface area contributed by atoms with Gasteiger partial charge in [-0.25, -0.2) is 0 Å². The van der Waals surface area contributed by atoms with E-state index in [9.17, 15) is 4.79 Å². The van der Waals surface area contributed by atoms with Crippen LogP contribution < -0.4 is 5.32 Å². The molecule has 4 heteroatoms. The number of hydrogen-bond donors (Lipinski definition) is 1. The quantitative estimate of drug-likeness (QED) is 0.816. The number of thiophene rings is 1. The van der Waals surface area contributed by atoms with E-state index in [0.717, 1.165) is 30.9 Å². The first-order valence-corrected chi connectivity index (χ1v) is 9.00. The Kier molecular flexibility index (Phi) is 6.37. The number of nitrogens with one attached hydrogen (secondary N) is 1. The topological polar surface area (TPSA) is 32.3 Å². The summed E-state index contributed by atoms with van der Waals surface area (Å²) in [4.78, 5) is 17.1. The number of aryl methyl sites for hydroxylation is 2. The van der Waals surface area contributed by atoms with Crippen molar-refractivity contribution in [3.05, 3.63) is 51.2 Å². The molecule has 1 heterocycles. The molecule has 0 aliphatic rings. The zero-order valence-corrected chi connectivity index (χ0v) is 15.3. The highest BCUT2D eigenvalue weighted by molar-refractivity contribution is 7.12. The number of hydrogen-bond acceptors (Lipinski definition) is 3. The van der Waals surface area contributed by atoms with Gasteiger partial charge in [-0.05, 0) is 56.3 Å². The molecule has 3 nitrogen and oxygen atoms in total. The van der Waals surface area contributed by atoms with Crippen molar-refractivity contribution in [2.75, 3.05) is 18.4 Å². The molecule has 124 valence electrons. The van der Waals surface area contributed by atoms with Crippen molar-refractivity contribution < 1.29 is 4.79 Å². The highest BCUT2D eigenvalue weighted by atomic mass is 32.1. The third-order valence-corrected chi connectivity index (χ3v) is 5.01. The van der Waals surface area contributed by atoms with Crippen LogP contribution in [-0.2, 0) is 17.8 Å². The molecular weight excluding hydrogens is 304 g/mol. The standard InChI is InChI=1S/C19H26N2OS/c1-5-21(6-2)13-16-8-7-9-18(11-16)20-19(22)12-17-10-14(3)23-15(17)4/h7-11H,5-6,12-13H2,1-4H3,(H,20,22). The largest absolute Gasteiger partial charge is 0.326 e. The number of amides is 1. The maximum atomic E-state index is 12.3. The Bertz CT molecular complexity index is 659. The van der Waals surface area contributed by atoms with Crippen LogP contribution in [0.3, 0.4) is 0 Å². The van der Waals surface area contributed by atoms with Crippen LogP contribution in [0, 0.1) is 13.8 Å². The van der Waals surface area contributed by atoms with Crippen molar-refractivity contribution in [1.29, 1.82) is 0 Å². The van der Waals surface area contributed by atoms with Gasteiger partial charge in [0.1, 0.15) is 0 Å². The Hall–Kier alpha value is -1.65. The van der Waals surface area contributed by atoms with Crippen LogP contribution in [0.5, 0.6) is 0 Å². The minimum atomic E-state index is 0.0471. The first-order chi connectivity index (χ1) is 11.0. The molecule has 1 aromatic carbocycles. The average Bonchev–Trinajstić information content (AvgIpc) is 2.82. The van der Waals surface area contributed by atoms with Crippen LogP contribution >= 0.6 is 11.3 Å². The van der Waals surface area contributed by atoms with Gasteiger partial charge in [-0.15, -0.1) is 11.3 Å². The van der Waals surface area contributed by atoms with E-state index >= 15 is 0 Å². The molecule has 1 N–H and O–H groups in total. The second-order valence-corrected chi connectivity index (χ2v) is 7.29. The summed E-state index contributed by atoms with van der Waals surface area (Å²) >= 11 is 1.75. The summed E-state index contributed by atoms with van der Waals surface area (Å²) in [7, 11) is 0. The molecule has 2 aromatic rings. The van der Waals surface area contributed by atoms with Gasteiger partial charge in [0.05, 0.1) is 6.42 Å². The van der Waals surface area contributed by atoms with E-state index in [2.05, 4.69) is 56.1 Å². The third kappa shape index (κ3) is 5.19. The summed E-state index contributed by atoms with van der Waals surface area (Å²) in [6.45, 7) is 11.5. The number of carbonyl (C=O) groups excluding carboxylic acids is 1. The Morgan fingerprint density at radius 1 is 1.17 bits per heavy atom. The van der Waals surface area contributed by atoms with Crippen LogP contribution in [0.2, 0.25) is 0 Å². The summed E-state index contributed by atoms with van der Waals surface area (Å²) in [6, 6.07) is 10.3. The number of nitrogens with zero attached hydrogens (tertiary/aromatic N) is 1. The Morgan fingerprint density at radius 3 is 2.52 bits per heavy atom. The number of rotatable bonds is 7. The zero-order chi connectivity index (χ0) is 16.8. The molecule has 1 amide bonds. The van der Waals surface area contributed by atoms with Gasteiger partial charge in [0.2, 0.25) is 5.91 Å². The van der Waals surface area contributed by atoms with E-state index < -0.39 is 0 Å². The van der Waals surface area contributed by atoms with Gasteiger partial charge in [-0.2, -0.15) is 0 Å². The molecule has 2 rings (SSSR count). The van der Waals surface area contributed by atoms with Gasteiger partial charge in [0.25, 0.3) is 0 Å². The van der Waals surface area contributed by atoms with Crippen molar-refractivity contribution in [3.63, 3.8) is 0 Å². The lowest BCUT2D eigenvalue weighted by Crippen LogP contribution is -2.22. The van der Waals surface area contributed by atoms with E-state index in [4.69, 9.17) is 0 Å². The van der Waals surface area contributed by atoms with Crippen LogP contribution in [0.4, 0.5) is 5.69 Å². The Labute approximate surface area is 143 Å². The van der Waals surface area contributed by atoms with Crippen LogP contribution in [0.15, 0.2) is 30.3 Å². The zero-order valence-electron chi connectivity index (χ0n) is 14.5. The predicted octanol–water partition coefficient (Wildman–Crippen LogP) is 4.39. The summed E-state index contributed by atoms with van der Waals surface area (Å²) in [5.41, 5.74) is 3.24. The summed E-state index contributed by atoms with van der Waals surface area (Å²) < 4.78 is 0. The lowest BCUT2D eigenvalue weighted by Gasteiger charge is -2.18. The van der Waals surface area contributed by atoms with Gasteiger partial charge in [0, 0.05) is 22.0 Å². The second-order valence-electron chi connectivity index (χ2n) is 5.83. The minimum absolute atomic E-state index is 0.0471. The predicted molar refractivity (Wildman–Crippen MR) is 99.2 cm³/mol. The Balaban J connectivity index is 1.99. The lowest BCUT2D eigenvalue weighted by atomic mass is 10.1. The van der Waals surface area contributed by atoms with E-state index in [1.54, 1.807) is 11.3 Å². The van der Waals surface area contributed by atoms with Crippen molar-refractivity contribution in [2.24, 2.45) is 0 Å². The van der Waals surface area contributed by atoms with E-state index in [-0.39, 0.29) is 5.91 Å². The van der Waals surface area contributed by atoms with Gasteiger partial charge >= 0.3 is 0 Å². The summed E-state index contributed by atoms with van der Waals surface area (Å²) in [6.07, 6.45) is 0.441. The van der Waals surface area contributed by atoms with Crippen LogP contribution in [-0.4, -0.2) is 23.9 Å². The van der Waals surface area contributed by atoms with Crippen molar-refractivity contribution >= 4 is 22.9 Å². The van der Waals surface area contributed by atoms with Gasteiger partial charge in [-0.1, -0.05) is 26.0 Å². The molecule has 0 aliphatic carbocycles. The summed E-state index contributed by atoms with van der Waals surface area (Å²) in [5.74, 6) is 0.0471. The van der Waals surface area contributed by atoms with E-state index in [1.165, 1.54) is 15.3 Å². The van der Waals surface area contributed by atoms with Gasteiger partial charge in [0.15, 0.2) is 0 Å². The maximum absolute atomic E-state index is 12.3. The van der Waals surface area contributed by atoms with Crippen molar-refractivity contribution in [3.8, 4) is 0 Å². The molecule has 0 saturated carbocycles. The fourth-order valence-corrected chi connectivity index (χ4v) is 3.64. The molecule has 0 radical (unpaired) electrons. The molecule has 0 saturated heterocycles. The Morgan fingerprint density at radius 2 is 1.91 bits per heavy atom. The van der Waals surface area contributed by atoms with Crippen LogP contribution in [0.25, 0.3) is 0 Å². The number of anilines is 1. The molecule has 0 fully saturated rings. The highest BCUT2D eigenvalue weighted by Crippen LogP contribution is 2.21. The highest BCUT2D eigenvalue weighted by Gasteiger charge is 2.09. The van der Waals surface area contributed by atoms with Gasteiger partial charge in [-0.3, -0.25) is 9.69 Å². The molecule has 0 unspecified atom stereocenters. The first-order valence-electron chi connectivity index (χ1n) is 8.18. The molecule has 0 spiro atoms. The van der Waals surface area contributed by atoms with Crippen molar-refractivity contribution in [2.45, 2.75) is 40.7 Å². The fraction of sp³-hybridized carbons (Fsp3) is 0.421. The molecule has 0 atom stereocenters. The SMILES string of the molecule is CCN(CC)Cc1cccc(NC(=O)Cc2cc(C)sc2C)c1. The van der Waals surface area contributed by atoms with Crippen LogP contribution in [0.1, 0.15) is 34.7 Å². The lowest BCUT2D eigenvalue weighted by molar-refractivity contribution is -0.115. The minimum Gasteiger partial charge on any atom is -0.326 e. The number of carbonyl (C=O) groups is 1. The smallest absolute Gasteiger partial charge is 0.228 e. The second kappa shape index (κ2) is 8.27. The monoisotopic (exact) mass is 330 g/mol. The molecule has 23 heavy (non-hydrogen) atoms.